The highest BCUT2D eigenvalue weighted by Crippen LogP contribution is 2.30. The molecule has 0 saturated carbocycles. The Morgan fingerprint density at radius 2 is 2.04 bits per heavy atom. The SMILES string of the molecule is C[C@@H](Sc1nnnn1Cc1cccs1)C(=O)Nc1ccc(C(F)(F)F)cc1. The third-order valence-corrected chi connectivity index (χ3v) is 5.45. The average Bonchev–Trinajstić information content (AvgIpc) is 3.27. The van der Waals surface area contributed by atoms with Crippen LogP contribution in [-0.4, -0.2) is 31.4 Å². The van der Waals surface area contributed by atoms with Crippen molar-refractivity contribution >= 4 is 34.7 Å². The number of anilines is 1. The van der Waals surface area contributed by atoms with E-state index in [2.05, 4.69) is 20.8 Å². The lowest BCUT2D eigenvalue weighted by atomic mass is 10.2. The summed E-state index contributed by atoms with van der Waals surface area (Å²) in [5.74, 6) is -0.356. The van der Waals surface area contributed by atoms with E-state index < -0.39 is 17.0 Å². The summed E-state index contributed by atoms with van der Waals surface area (Å²) in [5.41, 5.74) is -0.477. The summed E-state index contributed by atoms with van der Waals surface area (Å²) in [4.78, 5) is 13.4. The molecule has 2 heterocycles. The van der Waals surface area contributed by atoms with E-state index in [-0.39, 0.29) is 5.91 Å². The van der Waals surface area contributed by atoms with E-state index in [9.17, 15) is 18.0 Å². The molecule has 1 amide bonds. The van der Waals surface area contributed by atoms with Gasteiger partial charge in [-0.05, 0) is 53.1 Å². The van der Waals surface area contributed by atoms with Crippen LogP contribution in [0.15, 0.2) is 46.9 Å². The van der Waals surface area contributed by atoms with Gasteiger partial charge in [-0.25, -0.2) is 4.68 Å². The molecule has 1 N–H and O–H groups in total. The summed E-state index contributed by atoms with van der Waals surface area (Å²) in [5, 5.41) is 16.0. The number of carbonyl (C=O) groups excluding carboxylic acids is 1. The lowest BCUT2D eigenvalue weighted by molar-refractivity contribution is -0.137. The zero-order chi connectivity index (χ0) is 19.4. The second kappa shape index (κ2) is 8.09. The van der Waals surface area contributed by atoms with E-state index in [4.69, 9.17) is 0 Å². The van der Waals surface area contributed by atoms with Crippen LogP contribution >= 0.6 is 23.1 Å². The van der Waals surface area contributed by atoms with Crippen LogP contribution in [0.1, 0.15) is 17.4 Å². The topological polar surface area (TPSA) is 72.7 Å². The van der Waals surface area contributed by atoms with E-state index in [1.165, 1.54) is 23.9 Å². The first kappa shape index (κ1) is 19.4. The van der Waals surface area contributed by atoms with Gasteiger partial charge in [0.2, 0.25) is 11.1 Å². The van der Waals surface area contributed by atoms with Crippen LogP contribution < -0.4 is 5.32 Å². The molecule has 0 unspecified atom stereocenters. The van der Waals surface area contributed by atoms with Gasteiger partial charge in [-0.2, -0.15) is 13.2 Å². The molecule has 0 saturated heterocycles. The van der Waals surface area contributed by atoms with Gasteiger partial charge in [-0.3, -0.25) is 4.79 Å². The maximum atomic E-state index is 12.6. The fourth-order valence-electron chi connectivity index (χ4n) is 2.13. The van der Waals surface area contributed by atoms with Crippen LogP contribution in [0.2, 0.25) is 0 Å². The number of hydrogen-bond acceptors (Lipinski definition) is 6. The predicted octanol–water partition coefficient (Wildman–Crippen LogP) is 3.92. The minimum Gasteiger partial charge on any atom is -0.325 e. The van der Waals surface area contributed by atoms with Crippen LogP contribution in [0, 0.1) is 0 Å². The zero-order valence-electron chi connectivity index (χ0n) is 14.0. The number of hydrogen-bond donors (Lipinski definition) is 1. The Morgan fingerprint density at radius 1 is 1.30 bits per heavy atom. The van der Waals surface area contributed by atoms with Crippen molar-refractivity contribution in [2.24, 2.45) is 0 Å². The number of nitrogens with zero attached hydrogens (tertiary/aromatic N) is 4. The van der Waals surface area contributed by atoms with Gasteiger partial charge < -0.3 is 5.32 Å². The Kier molecular flexibility index (Phi) is 5.80. The Hall–Kier alpha value is -2.40. The fourth-order valence-corrected chi connectivity index (χ4v) is 3.60. The second-order valence-corrected chi connectivity index (χ2v) is 7.86. The Balaban J connectivity index is 1.61. The highest BCUT2D eigenvalue weighted by Gasteiger charge is 2.30. The van der Waals surface area contributed by atoms with Crippen LogP contribution in [0.25, 0.3) is 0 Å². The zero-order valence-corrected chi connectivity index (χ0v) is 15.6. The van der Waals surface area contributed by atoms with Crippen LogP contribution in [-0.2, 0) is 17.5 Å². The summed E-state index contributed by atoms with van der Waals surface area (Å²) < 4.78 is 39.3. The monoisotopic (exact) mass is 413 g/mol. The lowest BCUT2D eigenvalue weighted by Crippen LogP contribution is -2.23. The number of halogens is 3. The van der Waals surface area contributed by atoms with Gasteiger partial charge in [0.1, 0.15) is 0 Å². The van der Waals surface area contributed by atoms with Gasteiger partial charge in [0.15, 0.2) is 0 Å². The normalized spacial score (nSPS) is 12.7. The molecule has 11 heteroatoms. The number of amides is 1. The molecule has 6 nitrogen and oxygen atoms in total. The number of tetrazole rings is 1. The van der Waals surface area contributed by atoms with E-state index in [1.54, 1.807) is 22.9 Å². The second-order valence-electron chi connectivity index (χ2n) is 5.52. The highest BCUT2D eigenvalue weighted by atomic mass is 32.2. The summed E-state index contributed by atoms with van der Waals surface area (Å²) in [6.45, 7) is 2.18. The van der Waals surface area contributed by atoms with Gasteiger partial charge in [-0.1, -0.05) is 17.8 Å². The molecule has 0 aliphatic carbocycles. The number of carbonyl (C=O) groups is 1. The van der Waals surface area contributed by atoms with Crippen molar-refractivity contribution in [1.82, 2.24) is 20.2 Å². The number of rotatable bonds is 6. The first-order valence-electron chi connectivity index (χ1n) is 7.76. The van der Waals surface area contributed by atoms with Crippen LogP contribution in [0.4, 0.5) is 18.9 Å². The minimum absolute atomic E-state index is 0.290. The summed E-state index contributed by atoms with van der Waals surface area (Å²) in [6, 6.07) is 8.18. The standard InChI is InChI=1S/C16H14F3N5OS2/c1-10(14(25)20-12-6-4-11(5-7-12)16(17,18)19)27-15-21-22-23-24(15)9-13-3-2-8-26-13/h2-8,10H,9H2,1H3,(H,20,25)/t10-/m1/s1. The maximum absolute atomic E-state index is 12.6. The molecule has 27 heavy (non-hydrogen) atoms. The number of thioether (sulfide) groups is 1. The van der Waals surface area contributed by atoms with Crippen molar-refractivity contribution in [2.75, 3.05) is 5.32 Å². The number of benzene rings is 1. The first-order valence-corrected chi connectivity index (χ1v) is 9.52. The Bertz CT molecular complexity index is 894. The number of alkyl halides is 3. The molecule has 1 aromatic carbocycles. The number of nitrogens with one attached hydrogen (secondary N) is 1. The molecule has 0 aliphatic heterocycles. The molecule has 3 aromatic rings. The van der Waals surface area contributed by atoms with Gasteiger partial charge in [0, 0.05) is 10.6 Å². The maximum Gasteiger partial charge on any atom is 0.416 e. The van der Waals surface area contributed by atoms with Crippen molar-refractivity contribution in [3.05, 3.63) is 52.2 Å². The predicted molar refractivity (Wildman–Crippen MR) is 96.6 cm³/mol. The smallest absolute Gasteiger partial charge is 0.325 e. The van der Waals surface area contributed by atoms with Crippen molar-refractivity contribution in [2.45, 2.75) is 30.1 Å². The van der Waals surface area contributed by atoms with Gasteiger partial charge in [-0.15, -0.1) is 16.4 Å². The largest absolute Gasteiger partial charge is 0.416 e. The van der Waals surface area contributed by atoms with Gasteiger partial charge in [0.05, 0.1) is 17.4 Å². The quantitative estimate of drug-likeness (QED) is 0.620. The molecule has 0 fully saturated rings. The van der Waals surface area contributed by atoms with Crippen LogP contribution in [0.5, 0.6) is 0 Å². The molecule has 0 radical (unpaired) electrons. The van der Waals surface area contributed by atoms with Crippen molar-refractivity contribution in [3.63, 3.8) is 0 Å². The van der Waals surface area contributed by atoms with E-state index in [0.717, 1.165) is 17.0 Å². The third-order valence-electron chi connectivity index (χ3n) is 3.52. The number of aromatic nitrogens is 4. The molecule has 3 rings (SSSR count). The van der Waals surface area contributed by atoms with E-state index >= 15 is 0 Å². The number of thiophene rings is 1. The molecular weight excluding hydrogens is 399 g/mol. The lowest BCUT2D eigenvalue weighted by Gasteiger charge is -2.12. The van der Waals surface area contributed by atoms with Crippen molar-refractivity contribution < 1.29 is 18.0 Å². The molecule has 0 aliphatic rings. The first-order chi connectivity index (χ1) is 12.8. The van der Waals surface area contributed by atoms with Crippen molar-refractivity contribution in [3.8, 4) is 0 Å². The van der Waals surface area contributed by atoms with Gasteiger partial charge in [0.25, 0.3) is 0 Å². The molecule has 2 aromatic heterocycles. The molecule has 0 spiro atoms. The highest BCUT2D eigenvalue weighted by molar-refractivity contribution is 8.00. The summed E-state index contributed by atoms with van der Waals surface area (Å²) in [6.07, 6.45) is -4.41. The molecule has 142 valence electrons. The van der Waals surface area contributed by atoms with Crippen LogP contribution in [0.3, 0.4) is 0 Å². The summed E-state index contributed by atoms with van der Waals surface area (Å²) >= 11 is 2.75. The molecular formula is C16H14F3N5OS2. The van der Waals surface area contributed by atoms with E-state index in [1.807, 2.05) is 17.5 Å². The Labute approximate surface area is 160 Å². The molecule has 0 bridgehead atoms. The summed E-state index contributed by atoms with van der Waals surface area (Å²) in [7, 11) is 0. The Morgan fingerprint density at radius 3 is 2.67 bits per heavy atom. The average molecular weight is 413 g/mol. The molecule has 1 atom stereocenters. The van der Waals surface area contributed by atoms with Crippen molar-refractivity contribution in [1.29, 1.82) is 0 Å². The van der Waals surface area contributed by atoms with E-state index in [0.29, 0.717) is 17.4 Å². The van der Waals surface area contributed by atoms with Gasteiger partial charge >= 0.3 is 6.18 Å². The minimum atomic E-state index is -4.41. The third kappa shape index (κ3) is 5.07. The fraction of sp³-hybridized carbons (Fsp3) is 0.250.